The Kier molecular flexibility index (Phi) is 5.02. The zero-order valence-electron chi connectivity index (χ0n) is 11.0. The molecule has 0 unspecified atom stereocenters. The Morgan fingerprint density at radius 1 is 1.35 bits per heavy atom. The standard InChI is InChI=1S/C14H21BrO2/c1-10(16)12-9-11(15)5-6-13(12)17-8-7-14(2,3)4/h5-6,9-10,16H,7-8H2,1-4H3/t10-/m1/s1. The van der Waals surface area contributed by atoms with Crippen LogP contribution in [0, 0.1) is 5.41 Å². The zero-order valence-corrected chi connectivity index (χ0v) is 12.5. The van der Waals surface area contributed by atoms with Crippen LogP contribution in [0.1, 0.15) is 45.8 Å². The van der Waals surface area contributed by atoms with Crippen LogP contribution in [0.5, 0.6) is 5.75 Å². The molecule has 96 valence electrons. The fourth-order valence-corrected chi connectivity index (χ4v) is 1.82. The lowest BCUT2D eigenvalue weighted by Gasteiger charge is -2.19. The van der Waals surface area contributed by atoms with E-state index in [1.807, 2.05) is 18.2 Å². The molecule has 1 aromatic carbocycles. The molecule has 1 aromatic rings. The maximum atomic E-state index is 9.69. The zero-order chi connectivity index (χ0) is 13.1. The van der Waals surface area contributed by atoms with Crippen LogP contribution in [0.15, 0.2) is 22.7 Å². The summed E-state index contributed by atoms with van der Waals surface area (Å²) in [5, 5.41) is 9.69. The number of aliphatic hydroxyl groups excluding tert-OH is 1. The van der Waals surface area contributed by atoms with Crippen molar-refractivity contribution in [3.8, 4) is 5.75 Å². The van der Waals surface area contributed by atoms with Gasteiger partial charge in [0.1, 0.15) is 5.75 Å². The van der Waals surface area contributed by atoms with Crippen molar-refractivity contribution >= 4 is 15.9 Å². The fraction of sp³-hybridized carbons (Fsp3) is 0.571. The van der Waals surface area contributed by atoms with Crippen molar-refractivity contribution in [2.75, 3.05) is 6.61 Å². The second-order valence-electron chi connectivity index (χ2n) is 5.52. The minimum atomic E-state index is -0.517. The number of aliphatic hydroxyl groups is 1. The predicted octanol–water partition coefficient (Wildman–Crippen LogP) is 4.32. The maximum absolute atomic E-state index is 9.69. The SMILES string of the molecule is C[C@@H](O)c1cc(Br)ccc1OCCC(C)(C)C. The first-order chi connectivity index (χ1) is 7.79. The molecule has 0 aliphatic rings. The topological polar surface area (TPSA) is 29.5 Å². The van der Waals surface area contributed by atoms with E-state index in [-0.39, 0.29) is 5.41 Å². The highest BCUT2D eigenvalue weighted by atomic mass is 79.9. The Morgan fingerprint density at radius 2 is 2.00 bits per heavy atom. The molecule has 17 heavy (non-hydrogen) atoms. The van der Waals surface area contributed by atoms with Gasteiger partial charge >= 0.3 is 0 Å². The summed E-state index contributed by atoms with van der Waals surface area (Å²) in [6.45, 7) is 8.98. The molecule has 0 bridgehead atoms. The van der Waals surface area contributed by atoms with Gasteiger partial charge in [-0.15, -0.1) is 0 Å². The lowest BCUT2D eigenvalue weighted by atomic mass is 9.93. The van der Waals surface area contributed by atoms with Crippen LogP contribution in [0.4, 0.5) is 0 Å². The summed E-state index contributed by atoms with van der Waals surface area (Å²) < 4.78 is 6.70. The van der Waals surface area contributed by atoms with Crippen molar-refractivity contribution in [1.82, 2.24) is 0 Å². The largest absolute Gasteiger partial charge is 0.493 e. The van der Waals surface area contributed by atoms with Gasteiger partial charge in [-0.1, -0.05) is 36.7 Å². The molecule has 1 rings (SSSR count). The van der Waals surface area contributed by atoms with Crippen LogP contribution < -0.4 is 4.74 Å². The molecule has 3 heteroatoms. The molecule has 0 amide bonds. The third-order valence-corrected chi connectivity index (χ3v) is 3.02. The molecule has 0 aromatic heterocycles. The summed E-state index contributed by atoms with van der Waals surface area (Å²) >= 11 is 3.40. The molecule has 0 saturated heterocycles. The normalized spacial score (nSPS) is 13.5. The van der Waals surface area contributed by atoms with Gasteiger partial charge in [0.05, 0.1) is 12.7 Å². The van der Waals surface area contributed by atoms with Gasteiger partial charge in [-0.3, -0.25) is 0 Å². The van der Waals surface area contributed by atoms with Crippen molar-refractivity contribution < 1.29 is 9.84 Å². The molecular formula is C14H21BrO2. The predicted molar refractivity (Wildman–Crippen MR) is 74.3 cm³/mol. The lowest BCUT2D eigenvalue weighted by Crippen LogP contribution is -2.12. The molecule has 0 fully saturated rings. The molecule has 2 nitrogen and oxygen atoms in total. The van der Waals surface area contributed by atoms with Crippen LogP contribution in [-0.2, 0) is 0 Å². The number of benzene rings is 1. The number of hydrogen-bond acceptors (Lipinski definition) is 2. The molecule has 1 atom stereocenters. The molecule has 0 aliphatic heterocycles. The third-order valence-electron chi connectivity index (χ3n) is 2.53. The van der Waals surface area contributed by atoms with Gasteiger partial charge in [0, 0.05) is 10.0 Å². The van der Waals surface area contributed by atoms with Gasteiger partial charge < -0.3 is 9.84 Å². The van der Waals surface area contributed by atoms with Crippen LogP contribution >= 0.6 is 15.9 Å². The average Bonchev–Trinajstić information content (AvgIpc) is 2.18. The Hall–Kier alpha value is -0.540. The molecule has 0 heterocycles. The number of ether oxygens (including phenoxy) is 1. The number of halogens is 1. The van der Waals surface area contributed by atoms with Gasteiger partial charge in [0.2, 0.25) is 0 Å². The highest BCUT2D eigenvalue weighted by Gasteiger charge is 2.13. The van der Waals surface area contributed by atoms with E-state index in [0.717, 1.165) is 22.2 Å². The highest BCUT2D eigenvalue weighted by molar-refractivity contribution is 9.10. The van der Waals surface area contributed by atoms with Crippen LogP contribution in [-0.4, -0.2) is 11.7 Å². The summed E-state index contributed by atoms with van der Waals surface area (Å²) in [5.74, 6) is 0.771. The van der Waals surface area contributed by atoms with E-state index >= 15 is 0 Å². The van der Waals surface area contributed by atoms with Crippen molar-refractivity contribution in [1.29, 1.82) is 0 Å². The van der Waals surface area contributed by atoms with E-state index in [1.165, 1.54) is 0 Å². The van der Waals surface area contributed by atoms with Crippen LogP contribution in [0.3, 0.4) is 0 Å². The lowest BCUT2D eigenvalue weighted by molar-refractivity contribution is 0.186. The average molecular weight is 301 g/mol. The molecule has 0 saturated carbocycles. The summed E-state index contributed by atoms with van der Waals surface area (Å²) in [4.78, 5) is 0. The van der Waals surface area contributed by atoms with E-state index in [9.17, 15) is 5.11 Å². The fourth-order valence-electron chi connectivity index (χ4n) is 1.44. The van der Waals surface area contributed by atoms with Crippen LogP contribution in [0.25, 0.3) is 0 Å². The summed E-state index contributed by atoms with van der Waals surface area (Å²) in [6, 6.07) is 5.73. The quantitative estimate of drug-likeness (QED) is 0.897. The first-order valence-electron chi connectivity index (χ1n) is 5.90. The first kappa shape index (κ1) is 14.5. The minimum absolute atomic E-state index is 0.264. The molecular weight excluding hydrogens is 280 g/mol. The smallest absolute Gasteiger partial charge is 0.125 e. The van der Waals surface area contributed by atoms with Crippen molar-refractivity contribution in [2.24, 2.45) is 5.41 Å². The third kappa shape index (κ3) is 5.09. The van der Waals surface area contributed by atoms with Crippen LogP contribution in [0.2, 0.25) is 0 Å². The highest BCUT2D eigenvalue weighted by Crippen LogP contribution is 2.29. The van der Waals surface area contributed by atoms with Crippen molar-refractivity contribution in [3.63, 3.8) is 0 Å². The summed E-state index contributed by atoms with van der Waals surface area (Å²) in [7, 11) is 0. The number of hydrogen-bond donors (Lipinski definition) is 1. The van der Waals surface area contributed by atoms with Crippen molar-refractivity contribution in [2.45, 2.75) is 40.2 Å². The molecule has 0 radical (unpaired) electrons. The Bertz CT molecular complexity index is 367. The van der Waals surface area contributed by atoms with Gasteiger partial charge in [0.15, 0.2) is 0 Å². The van der Waals surface area contributed by atoms with E-state index in [4.69, 9.17) is 4.74 Å². The van der Waals surface area contributed by atoms with Gasteiger partial charge in [-0.25, -0.2) is 0 Å². The Morgan fingerprint density at radius 3 is 2.53 bits per heavy atom. The monoisotopic (exact) mass is 300 g/mol. The Balaban J connectivity index is 2.70. The molecule has 0 aliphatic carbocycles. The number of rotatable bonds is 4. The van der Waals surface area contributed by atoms with Gasteiger partial charge in [-0.2, -0.15) is 0 Å². The van der Waals surface area contributed by atoms with E-state index in [2.05, 4.69) is 36.7 Å². The van der Waals surface area contributed by atoms with Gasteiger partial charge in [-0.05, 0) is 37.0 Å². The van der Waals surface area contributed by atoms with E-state index < -0.39 is 6.10 Å². The second kappa shape index (κ2) is 5.87. The van der Waals surface area contributed by atoms with Gasteiger partial charge in [0.25, 0.3) is 0 Å². The summed E-state index contributed by atoms with van der Waals surface area (Å²) in [6.07, 6.45) is 0.472. The second-order valence-corrected chi connectivity index (χ2v) is 6.43. The summed E-state index contributed by atoms with van der Waals surface area (Å²) in [5.41, 5.74) is 1.09. The van der Waals surface area contributed by atoms with Crippen molar-refractivity contribution in [3.05, 3.63) is 28.2 Å². The van der Waals surface area contributed by atoms with E-state index in [1.54, 1.807) is 6.92 Å². The maximum Gasteiger partial charge on any atom is 0.125 e. The van der Waals surface area contributed by atoms with E-state index in [0.29, 0.717) is 6.61 Å². The first-order valence-corrected chi connectivity index (χ1v) is 6.69. The Labute approximate surface area is 112 Å². The molecule has 1 N–H and O–H groups in total. The minimum Gasteiger partial charge on any atom is -0.493 e. The molecule has 0 spiro atoms.